The first-order valence-corrected chi connectivity index (χ1v) is 4.23. The summed E-state index contributed by atoms with van der Waals surface area (Å²) in [6.07, 6.45) is 2.81. The van der Waals surface area contributed by atoms with Crippen LogP contribution in [0.2, 0.25) is 0 Å². The fraction of sp³-hybridized carbons (Fsp3) is 1.00. The van der Waals surface area contributed by atoms with Gasteiger partial charge in [0.25, 0.3) is 0 Å². The van der Waals surface area contributed by atoms with Crippen LogP contribution in [0.5, 0.6) is 0 Å². The van der Waals surface area contributed by atoms with Gasteiger partial charge in [-0.15, -0.1) is 0 Å². The van der Waals surface area contributed by atoms with Crippen molar-refractivity contribution in [3.8, 4) is 0 Å². The summed E-state index contributed by atoms with van der Waals surface area (Å²) in [5.41, 5.74) is 0. The van der Waals surface area contributed by atoms with Gasteiger partial charge in [-0.25, -0.2) is 0 Å². The van der Waals surface area contributed by atoms with Gasteiger partial charge in [0.1, 0.15) is 0 Å². The van der Waals surface area contributed by atoms with Crippen molar-refractivity contribution in [1.82, 2.24) is 5.32 Å². The Hall–Kier alpha value is -0.0800. The highest BCUT2D eigenvalue weighted by molar-refractivity contribution is 4.91. The van der Waals surface area contributed by atoms with Crippen LogP contribution in [0.1, 0.15) is 12.8 Å². The number of nitrogens with one attached hydrogen (secondary N) is 1. The minimum absolute atomic E-state index is 0.383. The summed E-state index contributed by atoms with van der Waals surface area (Å²) >= 11 is 0. The Kier molecular flexibility index (Phi) is 1.66. The highest BCUT2D eigenvalue weighted by atomic mass is 16.3. The van der Waals surface area contributed by atoms with Crippen molar-refractivity contribution in [3.05, 3.63) is 0 Å². The van der Waals surface area contributed by atoms with E-state index in [9.17, 15) is 0 Å². The zero-order valence-electron chi connectivity index (χ0n) is 6.21. The molecule has 0 unspecified atom stereocenters. The minimum atomic E-state index is 0.383. The zero-order valence-corrected chi connectivity index (χ0v) is 6.21. The minimum Gasteiger partial charge on any atom is -0.396 e. The van der Waals surface area contributed by atoms with Crippen molar-refractivity contribution in [2.24, 2.45) is 17.8 Å². The van der Waals surface area contributed by atoms with Crippen molar-refractivity contribution >= 4 is 0 Å². The number of rotatable bonds is 2. The molecule has 0 aromatic carbocycles. The number of hydrogen-bond donors (Lipinski definition) is 2. The molecule has 0 spiro atoms. The van der Waals surface area contributed by atoms with E-state index in [2.05, 4.69) is 5.32 Å². The Bertz CT molecular complexity index is 122. The first-order valence-electron chi connectivity index (χ1n) is 4.23. The SMILES string of the molecule is OC[C@@H]1CNC[C@@H]1C1CC1. The Balaban J connectivity index is 1.91. The van der Waals surface area contributed by atoms with Crippen LogP contribution in [0.4, 0.5) is 0 Å². The average molecular weight is 141 g/mol. The van der Waals surface area contributed by atoms with Gasteiger partial charge in [0.2, 0.25) is 0 Å². The standard InChI is InChI=1S/C8H15NO/c10-5-7-3-9-4-8(7)6-1-2-6/h6-10H,1-5H2/t7-,8+/m0/s1. The summed E-state index contributed by atoms with van der Waals surface area (Å²) in [6.45, 7) is 2.57. The summed E-state index contributed by atoms with van der Waals surface area (Å²) in [6, 6.07) is 0. The van der Waals surface area contributed by atoms with E-state index in [0.717, 1.165) is 24.9 Å². The van der Waals surface area contributed by atoms with Crippen LogP contribution in [-0.2, 0) is 0 Å². The number of aliphatic hydroxyl groups is 1. The van der Waals surface area contributed by atoms with E-state index in [-0.39, 0.29) is 0 Å². The normalized spacial score (nSPS) is 40.5. The highest BCUT2D eigenvalue weighted by Gasteiger charge is 2.38. The quantitative estimate of drug-likeness (QED) is 0.576. The molecule has 2 heteroatoms. The summed E-state index contributed by atoms with van der Waals surface area (Å²) in [5.74, 6) is 2.31. The van der Waals surface area contributed by atoms with Crippen LogP contribution in [0, 0.1) is 17.8 Å². The van der Waals surface area contributed by atoms with Crippen LogP contribution in [0.15, 0.2) is 0 Å². The monoisotopic (exact) mass is 141 g/mol. The summed E-state index contributed by atoms with van der Waals surface area (Å²) in [4.78, 5) is 0. The van der Waals surface area contributed by atoms with Gasteiger partial charge in [-0.1, -0.05) is 0 Å². The maximum Gasteiger partial charge on any atom is 0.0474 e. The molecule has 2 fully saturated rings. The molecular formula is C8H15NO. The van der Waals surface area contributed by atoms with Crippen molar-refractivity contribution in [3.63, 3.8) is 0 Å². The first-order chi connectivity index (χ1) is 4.92. The molecule has 0 aromatic heterocycles. The van der Waals surface area contributed by atoms with Gasteiger partial charge in [0, 0.05) is 13.2 Å². The molecular weight excluding hydrogens is 126 g/mol. The lowest BCUT2D eigenvalue weighted by atomic mass is 9.92. The maximum atomic E-state index is 8.97. The molecule has 0 bridgehead atoms. The Morgan fingerprint density at radius 2 is 2.10 bits per heavy atom. The smallest absolute Gasteiger partial charge is 0.0474 e. The molecule has 2 nitrogen and oxygen atoms in total. The van der Waals surface area contributed by atoms with Crippen LogP contribution in [0.3, 0.4) is 0 Å². The van der Waals surface area contributed by atoms with E-state index in [1.165, 1.54) is 12.8 Å². The van der Waals surface area contributed by atoms with Gasteiger partial charge in [0.05, 0.1) is 0 Å². The van der Waals surface area contributed by atoms with Crippen molar-refractivity contribution in [2.75, 3.05) is 19.7 Å². The van der Waals surface area contributed by atoms with Crippen molar-refractivity contribution in [2.45, 2.75) is 12.8 Å². The van der Waals surface area contributed by atoms with E-state index in [1.54, 1.807) is 0 Å². The lowest BCUT2D eigenvalue weighted by Gasteiger charge is -2.13. The molecule has 0 amide bonds. The number of aliphatic hydroxyl groups excluding tert-OH is 1. The molecule has 2 atom stereocenters. The molecule has 2 N–H and O–H groups in total. The summed E-state index contributed by atoms with van der Waals surface area (Å²) < 4.78 is 0. The fourth-order valence-corrected chi connectivity index (χ4v) is 2.03. The molecule has 10 heavy (non-hydrogen) atoms. The molecule has 1 saturated carbocycles. The van der Waals surface area contributed by atoms with E-state index >= 15 is 0 Å². The Morgan fingerprint density at radius 1 is 1.30 bits per heavy atom. The molecule has 0 aromatic rings. The molecule has 2 rings (SSSR count). The van der Waals surface area contributed by atoms with Gasteiger partial charge in [-0.2, -0.15) is 0 Å². The van der Waals surface area contributed by atoms with E-state index in [1.807, 2.05) is 0 Å². The van der Waals surface area contributed by atoms with Crippen LogP contribution >= 0.6 is 0 Å². The molecule has 1 aliphatic heterocycles. The van der Waals surface area contributed by atoms with Gasteiger partial charge in [-0.3, -0.25) is 0 Å². The van der Waals surface area contributed by atoms with Gasteiger partial charge in [-0.05, 0) is 37.1 Å². The maximum absolute atomic E-state index is 8.97. The molecule has 0 radical (unpaired) electrons. The number of hydrogen-bond acceptors (Lipinski definition) is 2. The lowest BCUT2D eigenvalue weighted by Crippen LogP contribution is -2.17. The third-order valence-electron chi connectivity index (χ3n) is 2.85. The van der Waals surface area contributed by atoms with Gasteiger partial charge < -0.3 is 10.4 Å². The third-order valence-corrected chi connectivity index (χ3v) is 2.85. The van der Waals surface area contributed by atoms with E-state index in [0.29, 0.717) is 12.5 Å². The highest BCUT2D eigenvalue weighted by Crippen LogP contribution is 2.41. The van der Waals surface area contributed by atoms with Gasteiger partial charge >= 0.3 is 0 Å². The molecule has 1 aliphatic carbocycles. The molecule has 2 aliphatic rings. The van der Waals surface area contributed by atoms with Crippen LogP contribution in [0.25, 0.3) is 0 Å². The Labute approximate surface area is 61.6 Å². The van der Waals surface area contributed by atoms with E-state index in [4.69, 9.17) is 5.11 Å². The summed E-state index contributed by atoms with van der Waals surface area (Å²) in [5, 5.41) is 12.3. The zero-order chi connectivity index (χ0) is 6.97. The lowest BCUT2D eigenvalue weighted by molar-refractivity contribution is 0.196. The molecule has 58 valence electrons. The molecule has 1 heterocycles. The Morgan fingerprint density at radius 3 is 2.70 bits per heavy atom. The second-order valence-corrected chi connectivity index (χ2v) is 3.60. The van der Waals surface area contributed by atoms with Gasteiger partial charge in [0.15, 0.2) is 0 Å². The van der Waals surface area contributed by atoms with Crippen LogP contribution < -0.4 is 5.32 Å². The topological polar surface area (TPSA) is 32.3 Å². The predicted octanol–water partition coefficient (Wildman–Crippen LogP) is 0.224. The summed E-state index contributed by atoms with van der Waals surface area (Å²) in [7, 11) is 0. The average Bonchev–Trinajstić information content (AvgIpc) is 2.69. The first kappa shape index (κ1) is 6.62. The van der Waals surface area contributed by atoms with Crippen LogP contribution in [-0.4, -0.2) is 24.8 Å². The van der Waals surface area contributed by atoms with E-state index < -0.39 is 0 Å². The largest absolute Gasteiger partial charge is 0.396 e. The van der Waals surface area contributed by atoms with Crippen molar-refractivity contribution in [1.29, 1.82) is 0 Å². The second kappa shape index (κ2) is 2.51. The fourth-order valence-electron chi connectivity index (χ4n) is 2.03. The van der Waals surface area contributed by atoms with Crippen molar-refractivity contribution < 1.29 is 5.11 Å². The predicted molar refractivity (Wildman–Crippen MR) is 39.7 cm³/mol. The third kappa shape index (κ3) is 1.06. The molecule has 1 saturated heterocycles. The second-order valence-electron chi connectivity index (χ2n) is 3.60.